The van der Waals surface area contributed by atoms with Crippen LogP contribution in [0.1, 0.15) is 44.2 Å². The van der Waals surface area contributed by atoms with Crippen molar-refractivity contribution < 1.29 is 4.79 Å². The maximum Gasteiger partial charge on any atom is 0.282 e. The summed E-state index contributed by atoms with van der Waals surface area (Å²) in [7, 11) is 0. The van der Waals surface area contributed by atoms with Crippen LogP contribution in [0.15, 0.2) is 47.6 Å². The van der Waals surface area contributed by atoms with E-state index in [2.05, 4.69) is 5.43 Å². The highest BCUT2D eigenvalue weighted by Gasteiger charge is 2.40. The number of amides is 1. The number of hydrogen-bond acceptors (Lipinski definition) is 4. The molecule has 5 nitrogen and oxygen atoms in total. The number of hydrogen-bond donors (Lipinski definition) is 1. The van der Waals surface area contributed by atoms with Crippen LogP contribution >= 0.6 is 34.8 Å². The van der Waals surface area contributed by atoms with Gasteiger partial charge in [0.15, 0.2) is 0 Å². The van der Waals surface area contributed by atoms with Gasteiger partial charge in [0, 0.05) is 29.1 Å². The Morgan fingerprint density at radius 1 is 0.968 bits per heavy atom. The molecule has 0 saturated carbocycles. The average Bonchev–Trinajstić information content (AvgIpc) is 2.89. The quantitative estimate of drug-likeness (QED) is 0.576. The van der Waals surface area contributed by atoms with Gasteiger partial charge in [0.1, 0.15) is 5.71 Å². The number of halogens is 3. The standard InChI is InChI=1S/C23H25Cl3N4O/c1-15-21(23(31)28-29-12-4-2-3-5-13-29)27-30(20-11-10-18(25)14-19(20)26)22(15)16-6-8-17(24)9-7-16/h6-11,14-15,22H,2-5,12-13H2,1H3,(H,28,31)/t15-,22+/m1/s1. The van der Waals surface area contributed by atoms with Crippen molar-refractivity contribution in [3.63, 3.8) is 0 Å². The molecule has 0 aliphatic carbocycles. The molecule has 2 aliphatic heterocycles. The van der Waals surface area contributed by atoms with Crippen LogP contribution in [0.4, 0.5) is 5.69 Å². The zero-order chi connectivity index (χ0) is 22.0. The molecule has 0 spiro atoms. The molecule has 0 unspecified atom stereocenters. The second kappa shape index (κ2) is 9.78. The molecule has 2 atom stereocenters. The topological polar surface area (TPSA) is 47.9 Å². The number of carbonyl (C=O) groups is 1. The van der Waals surface area contributed by atoms with E-state index >= 15 is 0 Å². The van der Waals surface area contributed by atoms with Crippen LogP contribution in [0.2, 0.25) is 15.1 Å². The Hall–Kier alpha value is -1.79. The summed E-state index contributed by atoms with van der Waals surface area (Å²) in [6.07, 6.45) is 4.57. The van der Waals surface area contributed by atoms with Crippen LogP contribution in [0.25, 0.3) is 0 Å². The van der Waals surface area contributed by atoms with Crippen LogP contribution < -0.4 is 10.4 Å². The predicted octanol–water partition coefficient (Wildman–Crippen LogP) is 6.11. The van der Waals surface area contributed by atoms with E-state index in [1.54, 1.807) is 12.1 Å². The summed E-state index contributed by atoms with van der Waals surface area (Å²) in [5.74, 6) is -0.319. The van der Waals surface area contributed by atoms with Crippen LogP contribution in [0, 0.1) is 5.92 Å². The SMILES string of the molecule is C[C@@H]1C(C(=O)NN2CCCCCC2)=NN(c2ccc(Cl)cc2Cl)[C@@H]1c1ccc(Cl)cc1. The van der Waals surface area contributed by atoms with Crippen molar-refractivity contribution in [2.45, 2.75) is 38.6 Å². The molecule has 4 rings (SSSR count). The fourth-order valence-electron chi connectivity index (χ4n) is 4.23. The fourth-order valence-corrected chi connectivity index (χ4v) is 4.85. The lowest BCUT2D eigenvalue weighted by Gasteiger charge is -2.27. The molecule has 0 radical (unpaired) electrons. The second-order valence-electron chi connectivity index (χ2n) is 8.05. The number of hydrazine groups is 1. The highest BCUT2D eigenvalue weighted by molar-refractivity contribution is 6.41. The number of carbonyl (C=O) groups excluding carboxylic acids is 1. The van der Waals surface area contributed by atoms with Gasteiger partial charge in [0.05, 0.1) is 16.8 Å². The number of rotatable bonds is 4. The van der Waals surface area contributed by atoms with Gasteiger partial charge < -0.3 is 0 Å². The lowest BCUT2D eigenvalue weighted by Crippen LogP contribution is -2.46. The molecular weight excluding hydrogens is 455 g/mol. The van der Waals surface area contributed by atoms with E-state index in [1.807, 2.05) is 47.3 Å². The molecule has 2 aromatic carbocycles. The number of benzene rings is 2. The molecule has 0 aromatic heterocycles. The first-order chi connectivity index (χ1) is 14.9. The Morgan fingerprint density at radius 2 is 1.61 bits per heavy atom. The summed E-state index contributed by atoms with van der Waals surface area (Å²) >= 11 is 18.7. The van der Waals surface area contributed by atoms with Gasteiger partial charge in [-0.1, -0.05) is 66.7 Å². The lowest BCUT2D eigenvalue weighted by molar-refractivity contribution is -0.119. The molecule has 8 heteroatoms. The molecule has 2 heterocycles. The second-order valence-corrected chi connectivity index (χ2v) is 9.33. The first-order valence-corrected chi connectivity index (χ1v) is 11.7. The van der Waals surface area contributed by atoms with Gasteiger partial charge in [0.2, 0.25) is 0 Å². The Bertz CT molecular complexity index is 971. The van der Waals surface area contributed by atoms with Crippen molar-refractivity contribution in [3.05, 3.63) is 63.1 Å². The van der Waals surface area contributed by atoms with Crippen molar-refractivity contribution >= 4 is 52.1 Å². The molecule has 2 aliphatic rings. The van der Waals surface area contributed by atoms with Crippen LogP contribution in [0.3, 0.4) is 0 Å². The van der Waals surface area contributed by atoms with E-state index in [0.717, 1.165) is 31.5 Å². The highest BCUT2D eigenvalue weighted by Crippen LogP contribution is 2.42. The molecule has 1 fully saturated rings. The van der Waals surface area contributed by atoms with E-state index in [9.17, 15) is 4.79 Å². The van der Waals surface area contributed by atoms with E-state index in [0.29, 0.717) is 26.5 Å². The normalized spacial score (nSPS) is 22.2. The molecule has 1 N–H and O–H groups in total. The van der Waals surface area contributed by atoms with Gasteiger partial charge in [-0.3, -0.25) is 15.2 Å². The van der Waals surface area contributed by atoms with Gasteiger partial charge in [0.25, 0.3) is 5.91 Å². The van der Waals surface area contributed by atoms with Gasteiger partial charge in [-0.15, -0.1) is 0 Å². The summed E-state index contributed by atoms with van der Waals surface area (Å²) in [6.45, 7) is 3.74. The van der Waals surface area contributed by atoms with E-state index in [-0.39, 0.29) is 17.9 Å². The third-order valence-electron chi connectivity index (χ3n) is 5.85. The largest absolute Gasteiger partial charge is 0.284 e. The average molecular weight is 480 g/mol. The first kappa shape index (κ1) is 22.4. The minimum atomic E-state index is -0.194. The smallest absolute Gasteiger partial charge is 0.282 e. The Morgan fingerprint density at radius 3 is 2.26 bits per heavy atom. The summed E-state index contributed by atoms with van der Waals surface area (Å²) in [5.41, 5.74) is 5.26. The van der Waals surface area contributed by atoms with Gasteiger partial charge in [-0.2, -0.15) is 5.10 Å². The van der Waals surface area contributed by atoms with Gasteiger partial charge in [-0.25, -0.2) is 5.01 Å². The van der Waals surface area contributed by atoms with Crippen molar-refractivity contribution in [2.24, 2.45) is 11.0 Å². The Labute approximate surface area is 197 Å². The first-order valence-electron chi connectivity index (χ1n) is 10.6. The van der Waals surface area contributed by atoms with Gasteiger partial charge in [-0.05, 0) is 48.7 Å². The van der Waals surface area contributed by atoms with Crippen LogP contribution in [-0.4, -0.2) is 29.7 Å². The third kappa shape index (κ3) is 5.01. The number of anilines is 1. The Kier molecular flexibility index (Phi) is 7.07. The van der Waals surface area contributed by atoms with Crippen molar-refractivity contribution in [1.82, 2.24) is 10.4 Å². The summed E-state index contributed by atoms with van der Waals surface area (Å²) in [4.78, 5) is 13.2. The zero-order valence-electron chi connectivity index (χ0n) is 17.3. The van der Waals surface area contributed by atoms with Crippen molar-refractivity contribution in [3.8, 4) is 0 Å². The third-order valence-corrected chi connectivity index (χ3v) is 6.64. The van der Waals surface area contributed by atoms with E-state index < -0.39 is 0 Å². The number of hydrazone groups is 1. The van der Waals surface area contributed by atoms with Crippen molar-refractivity contribution in [2.75, 3.05) is 18.1 Å². The maximum atomic E-state index is 13.2. The molecule has 2 aromatic rings. The molecular formula is C23H25Cl3N4O. The lowest BCUT2D eigenvalue weighted by atomic mass is 9.91. The van der Waals surface area contributed by atoms with E-state index in [1.165, 1.54) is 12.8 Å². The maximum absolute atomic E-state index is 13.2. The highest BCUT2D eigenvalue weighted by atomic mass is 35.5. The number of nitrogens with zero attached hydrogens (tertiary/aromatic N) is 3. The monoisotopic (exact) mass is 478 g/mol. The fraction of sp³-hybridized carbons (Fsp3) is 0.391. The minimum Gasteiger partial charge on any atom is -0.284 e. The minimum absolute atomic E-state index is 0.153. The predicted molar refractivity (Wildman–Crippen MR) is 128 cm³/mol. The molecule has 31 heavy (non-hydrogen) atoms. The van der Waals surface area contributed by atoms with E-state index in [4.69, 9.17) is 39.9 Å². The van der Waals surface area contributed by atoms with Crippen molar-refractivity contribution in [1.29, 1.82) is 0 Å². The zero-order valence-corrected chi connectivity index (χ0v) is 19.6. The van der Waals surface area contributed by atoms with Crippen LogP contribution in [-0.2, 0) is 4.79 Å². The van der Waals surface area contributed by atoms with Crippen LogP contribution in [0.5, 0.6) is 0 Å². The summed E-state index contributed by atoms with van der Waals surface area (Å²) in [5, 5.41) is 10.3. The molecule has 1 saturated heterocycles. The Balaban J connectivity index is 1.66. The number of nitrogens with one attached hydrogen (secondary N) is 1. The summed E-state index contributed by atoms with van der Waals surface area (Å²) in [6, 6.07) is 12.7. The molecule has 1 amide bonds. The molecule has 164 valence electrons. The van der Waals surface area contributed by atoms with Gasteiger partial charge >= 0.3 is 0 Å². The summed E-state index contributed by atoms with van der Waals surface area (Å²) < 4.78 is 0. The molecule has 0 bridgehead atoms.